The van der Waals surface area contributed by atoms with Gasteiger partial charge in [-0.15, -0.1) is 0 Å². The molecule has 1 N–H and O–H groups in total. The van der Waals surface area contributed by atoms with Gasteiger partial charge in [-0.2, -0.15) is 0 Å². The first-order valence-electron chi connectivity index (χ1n) is 8.18. The van der Waals surface area contributed by atoms with Gasteiger partial charge < -0.3 is 19.5 Å². The number of nitrogens with one attached hydrogen (secondary N) is 1. The summed E-state index contributed by atoms with van der Waals surface area (Å²) in [6.45, 7) is 0. The van der Waals surface area contributed by atoms with E-state index in [1.54, 1.807) is 37.4 Å². The normalized spacial score (nSPS) is 11.2. The van der Waals surface area contributed by atoms with Gasteiger partial charge in [0.2, 0.25) is 0 Å². The number of amides is 1. The summed E-state index contributed by atoms with van der Waals surface area (Å²) >= 11 is 0. The molecule has 1 atom stereocenters. The molecule has 7 heteroatoms. The van der Waals surface area contributed by atoms with E-state index >= 15 is 0 Å². The maximum absolute atomic E-state index is 12.6. The van der Waals surface area contributed by atoms with Crippen molar-refractivity contribution in [3.05, 3.63) is 65.2 Å². The summed E-state index contributed by atoms with van der Waals surface area (Å²) in [6, 6.07) is 12.3. The van der Waals surface area contributed by atoms with Crippen molar-refractivity contribution in [2.45, 2.75) is 12.5 Å². The van der Waals surface area contributed by atoms with Crippen molar-refractivity contribution in [3.8, 4) is 5.75 Å². The molecule has 0 aliphatic carbocycles. The van der Waals surface area contributed by atoms with Crippen LogP contribution in [-0.4, -0.2) is 45.2 Å². The molecule has 142 valence electrons. The van der Waals surface area contributed by atoms with Crippen LogP contribution < -0.4 is 10.1 Å². The van der Waals surface area contributed by atoms with E-state index in [1.807, 2.05) is 6.07 Å². The zero-order valence-corrected chi connectivity index (χ0v) is 15.4. The number of carbonyl (C=O) groups excluding carboxylic acids is 3. The lowest BCUT2D eigenvalue weighted by Crippen LogP contribution is -2.43. The van der Waals surface area contributed by atoms with Gasteiger partial charge >= 0.3 is 11.9 Å². The van der Waals surface area contributed by atoms with Crippen LogP contribution in [-0.2, 0) is 20.7 Å². The minimum Gasteiger partial charge on any atom is -0.497 e. The average Bonchev–Trinajstić information content (AvgIpc) is 2.72. The van der Waals surface area contributed by atoms with Crippen LogP contribution in [0.5, 0.6) is 5.75 Å². The van der Waals surface area contributed by atoms with Crippen LogP contribution in [0.2, 0.25) is 0 Å². The highest BCUT2D eigenvalue weighted by molar-refractivity contribution is 5.99. The lowest BCUT2D eigenvalue weighted by molar-refractivity contribution is -0.142. The molecular weight excluding hydrogens is 350 g/mol. The molecule has 2 rings (SSSR count). The van der Waals surface area contributed by atoms with E-state index in [0.29, 0.717) is 5.75 Å². The molecule has 27 heavy (non-hydrogen) atoms. The summed E-state index contributed by atoms with van der Waals surface area (Å²) < 4.78 is 14.6. The van der Waals surface area contributed by atoms with Gasteiger partial charge in [-0.05, 0) is 35.9 Å². The minimum absolute atomic E-state index is 0.228. The smallest absolute Gasteiger partial charge is 0.337 e. The number of hydrogen-bond acceptors (Lipinski definition) is 6. The van der Waals surface area contributed by atoms with Gasteiger partial charge in [-0.25, -0.2) is 9.59 Å². The molecule has 0 radical (unpaired) electrons. The van der Waals surface area contributed by atoms with Gasteiger partial charge in [0, 0.05) is 12.0 Å². The highest BCUT2D eigenvalue weighted by Crippen LogP contribution is 2.15. The van der Waals surface area contributed by atoms with E-state index < -0.39 is 23.9 Å². The SMILES string of the molecule is COC(=O)c1cccc(C(=O)N[C@H](Cc2cccc(OC)c2)C(=O)OC)c1. The Labute approximate surface area is 157 Å². The first-order valence-corrected chi connectivity index (χ1v) is 8.18. The van der Waals surface area contributed by atoms with Crippen LogP contribution in [0.4, 0.5) is 0 Å². The molecule has 0 aliphatic heterocycles. The summed E-state index contributed by atoms with van der Waals surface area (Å²) in [5, 5.41) is 2.65. The number of benzene rings is 2. The number of ether oxygens (including phenoxy) is 3. The Bertz CT molecular complexity index is 833. The third-order valence-electron chi connectivity index (χ3n) is 3.91. The second kappa shape index (κ2) is 9.38. The number of hydrogen-bond donors (Lipinski definition) is 1. The van der Waals surface area contributed by atoms with Crippen LogP contribution in [0, 0.1) is 0 Å². The molecule has 0 unspecified atom stereocenters. The highest BCUT2D eigenvalue weighted by Gasteiger charge is 2.23. The van der Waals surface area contributed by atoms with Crippen molar-refractivity contribution < 1.29 is 28.6 Å². The third-order valence-corrected chi connectivity index (χ3v) is 3.91. The van der Waals surface area contributed by atoms with Gasteiger partial charge in [0.05, 0.1) is 26.9 Å². The summed E-state index contributed by atoms with van der Waals surface area (Å²) in [5.74, 6) is -0.979. The Balaban J connectivity index is 2.19. The van der Waals surface area contributed by atoms with E-state index in [9.17, 15) is 14.4 Å². The van der Waals surface area contributed by atoms with Crippen LogP contribution in [0.1, 0.15) is 26.3 Å². The largest absolute Gasteiger partial charge is 0.497 e. The van der Waals surface area contributed by atoms with Crippen LogP contribution in [0.3, 0.4) is 0 Å². The lowest BCUT2D eigenvalue weighted by atomic mass is 10.0. The van der Waals surface area contributed by atoms with Gasteiger partial charge in [-0.3, -0.25) is 4.79 Å². The van der Waals surface area contributed by atoms with Crippen molar-refractivity contribution in [1.29, 1.82) is 0 Å². The van der Waals surface area contributed by atoms with E-state index in [0.717, 1.165) is 5.56 Å². The lowest BCUT2D eigenvalue weighted by Gasteiger charge is -2.17. The predicted molar refractivity (Wildman–Crippen MR) is 97.7 cm³/mol. The van der Waals surface area contributed by atoms with Gasteiger partial charge in [-0.1, -0.05) is 18.2 Å². The fraction of sp³-hybridized carbons (Fsp3) is 0.250. The molecule has 0 saturated carbocycles. The molecule has 2 aromatic rings. The molecule has 0 aromatic heterocycles. The van der Waals surface area contributed by atoms with Crippen molar-refractivity contribution >= 4 is 17.8 Å². The molecule has 0 aliphatic rings. The summed E-state index contributed by atoms with van der Waals surface area (Å²) in [4.78, 5) is 36.3. The molecule has 7 nitrogen and oxygen atoms in total. The van der Waals surface area contributed by atoms with Crippen LogP contribution in [0.15, 0.2) is 48.5 Å². The molecule has 0 saturated heterocycles. The number of carbonyl (C=O) groups is 3. The van der Waals surface area contributed by atoms with E-state index in [1.165, 1.54) is 26.4 Å². The minimum atomic E-state index is -0.892. The zero-order chi connectivity index (χ0) is 19.8. The van der Waals surface area contributed by atoms with Gasteiger partial charge in [0.1, 0.15) is 11.8 Å². The third kappa shape index (κ3) is 5.31. The van der Waals surface area contributed by atoms with Crippen molar-refractivity contribution in [2.24, 2.45) is 0 Å². The molecular formula is C20H21NO6. The van der Waals surface area contributed by atoms with E-state index in [2.05, 4.69) is 10.1 Å². The average molecular weight is 371 g/mol. The fourth-order valence-electron chi connectivity index (χ4n) is 2.52. The Kier molecular flexibility index (Phi) is 6.93. The molecule has 2 aromatic carbocycles. The zero-order valence-electron chi connectivity index (χ0n) is 15.4. The van der Waals surface area contributed by atoms with E-state index in [-0.39, 0.29) is 17.5 Å². The number of methoxy groups -OCH3 is 3. The molecule has 0 spiro atoms. The van der Waals surface area contributed by atoms with Crippen molar-refractivity contribution in [2.75, 3.05) is 21.3 Å². The topological polar surface area (TPSA) is 90.9 Å². The molecule has 0 fully saturated rings. The summed E-state index contributed by atoms with van der Waals surface area (Å²) in [7, 11) is 4.06. The molecule has 1 amide bonds. The monoisotopic (exact) mass is 371 g/mol. The Morgan fingerprint density at radius 2 is 1.63 bits per heavy atom. The van der Waals surface area contributed by atoms with Crippen molar-refractivity contribution in [3.63, 3.8) is 0 Å². The fourth-order valence-corrected chi connectivity index (χ4v) is 2.52. The number of rotatable bonds is 7. The van der Waals surface area contributed by atoms with Crippen molar-refractivity contribution in [1.82, 2.24) is 5.32 Å². The quantitative estimate of drug-likeness (QED) is 0.749. The van der Waals surface area contributed by atoms with Crippen LogP contribution in [0.25, 0.3) is 0 Å². The first kappa shape index (κ1) is 20.0. The second-order valence-electron chi connectivity index (χ2n) is 5.68. The standard InChI is InChI=1S/C20H21NO6/c1-25-16-9-4-6-13(10-16)11-17(20(24)27-3)21-18(22)14-7-5-8-15(12-14)19(23)26-2/h4-10,12,17H,11H2,1-3H3,(H,21,22)/t17-/m1/s1. The molecule has 0 bridgehead atoms. The van der Waals surface area contributed by atoms with Crippen LogP contribution >= 0.6 is 0 Å². The Morgan fingerprint density at radius 1 is 0.926 bits per heavy atom. The van der Waals surface area contributed by atoms with Gasteiger partial charge in [0.25, 0.3) is 5.91 Å². The highest BCUT2D eigenvalue weighted by atomic mass is 16.5. The maximum Gasteiger partial charge on any atom is 0.337 e. The Morgan fingerprint density at radius 3 is 2.30 bits per heavy atom. The molecule has 0 heterocycles. The van der Waals surface area contributed by atoms with Gasteiger partial charge in [0.15, 0.2) is 0 Å². The summed E-state index contributed by atoms with van der Waals surface area (Å²) in [6.07, 6.45) is 0.228. The Hall–Kier alpha value is -3.35. The summed E-state index contributed by atoms with van der Waals surface area (Å²) in [5.41, 5.74) is 1.28. The first-order chi connectivity index (χ1) is 13.0. The number of esters is 2. The second-order valence-corrected chi connectivity index (χ2v) is 5.68. The van der Waals surface area contributed by atoms with E-state index in [4.69, 9.17) is 9.47 Å². The predicted octanol–water partition coefficient (Wildman–Crippen LogP) is 2.00. The maximum atomic E-state index is 12.6.